The molecule has 1 aliphatic carbocycles. The molecule has 2 saturated heterocycles. The van der Waals surface area contributed by atoms with Gasteiger partial charge in [-0.1, -0.05) is 19.3 Å². The van der Waals surface area contributed by atoms with Crippen molar-refractivity contribution in [2.24, 2.45) is 10.9 Å². The number of rotatable bonds is 5. The summed E-state index contributed by atoms with van der Waals surface area (Å²) in [5.41, 5.74) is 0. The first-order chi connectivity index (χ1) is 13.1. The molecule has 0 aromatic carbocycles. The van der Waals surface area contributed by atoms with E-state index in [1.165, 1.54) is 32.1 Å². The van der Waals surface area contributed by atoms with Crippen LogP contribution in [0, 0.1) is 5.92 Å². The molecule has 0 radical (unpaired) electrons. The second-order valence-corrected chi connectivity index (χ2v) is 8.35. The van der Waals surface area contributed by atoms with Crippen LogP contribution in [0.2, 0.25) is 0 Å². The normalized spacial score (nSPS) is 25.6. The molecular weight excluding hydrogens is 342 g/mol. The Morgan fingerprint density at radius 3 is 2.48 bits per heavy atom. The summed E-state index contributed by atoms with van der Waals surface area (Å²) < 4.78 is 5.48. The van der Waals surface area contributed by atoms with Crippen molar-refractivity contribution in [1.82, 2.24) is 20.0 Å². The molecule has 3 aliphatic rings. The Morgan fingerprint density at radius 1 is 1.11 bits per heavy atom. The minimum absolute atomic E-state index is 0.0411. The van der Waals surface area contributed by atoms with Gasteiger partial charge in [0.1, 0.15) is 6.54 Å². The predicted molar refractivity (Wildman–Crippen MR) is 108 cm³/mol. The van der Waals surface area contributed by atoms with Crippen molar-refractivity contribution in [2.75, 3.05) is 66.6 Å². The van der Waals surface area contributed by atoms with E-state index in [1.807, 2.05) is 0 Å². The molecule has 0 aromatic heterocycles. The van der Waals surface area contributed by atoms with Crippen molar-refractivity contribution < 1.29 is 9.53 Å². The van der Waals surface area contributed by atoms with Gasteiger partial charge in [-0.2, -0.15) is 0 Å². The zero-order chi connectivity index (χ0) is 19.1. The largest absolute Gasteiger partial charge is 0.381 e. The molecule has 2 aliphatic heterocycles. The van der Waals surface area contributed by atoms with E-state index in [1.54, 1.807) is 19.0 Å². The smallest absolute Gasteiger partial charge is 0.243 e. The Bertz CT molecular complexity index is 491. The van der Waals surface area contributed by atoms with Gasteiger partial charge in [-0.15, -0.1) is 0 Å². The number of hydrogen-bond acceptors (Lipinski definition) is 4. The van der Waals surface area contributed by atoms with Crippen molar-refractivity contribution in [3.05, 3.63) is 0 Å². The minimum atomic E-state index is 0.0411. The minimum Gasteiger partial charge on any atom is -0.381 e. The zero-order valence-corrected chi connectivity index (χ0v) is 17.2. The highest BCUT2D eigenvalue weighted by Crippen LogP contribution is 2.23. The molecule has 7 nitrogen and oxygen atoms in total. The molecule has 3 rings (SSSR count). The second-order valence-electron chi connectivity index (χ2n) is 8.35. The first kappa shape index (κ1) is 20.4. The second kappa shape index (κ2) is 10.3. The molecular formula is C20H37N5O2. The van der Waals surface area contributed by atoms with Crippen LogP contribution >= 0.6 is 0 Å². The summed E-state index contributed by atoms with van der Waals surface area (Å²) in [5.74, 6) is 1.48. The van der Waals surface area contributed by atoms with Crippen LogP contribution in [0.4, 0.5) is 0 Å². The standard InChI is InChI=1S/C20H37N5O2/c1-23(2)19(26)15-22-20(21-14-17-8-13-27-16-17)25-11-9-24(10-12-25)18-6-4-3-5-7-18/h17-18H,3-16H2,1-2H3,(H,21,22). The van der Waals surface area contributed by atoms with E-state index < -0.39 is 0 Å². The average molecular weight is 380 g/mol. The first-order valence-corrected chi connectivity index (χ1v) is 10.7. The highest BCUT2D eigenvalue weighted by atomic mass is 16.5. The van der Waals surface area contributed by atoms with Gasteiger partial charge >= 0.3 is 0 Å². The lowest BCUT2D eigenvalue weighted by molar-refractivity contribution is -0.127. The van der Waals surface area contributed by atoms with Crippen molar-refractivity contribution in [3.8, 4) is 0 Å². The van der Waals surface area contributed by atoms with Crippen molar-refractivity contribution in [1.29, 1.82) is 0 Å². The number of hydrogen-bond donors (Lipinski definition) is 1. The van der Waals surface area contributed by atoms with Crippen LogP contribution in [0.5, 0.6) is 0 Å². The van der Waals surface area contributed by atoms with Gasteiger partial charge < -0.3 is 19.9 Å². The highest BCUT2D eigenvalue weighted by Gasteiger charge is 2.27. The SMILES string of the molecule is CN(C)C(=O)CN=C(NCC1CCOC1)N1CCN(C2CCCCC2)CC1. The number of likely N-dealkylation sites (N-methyl/N-ethyl adjacent to an activating group) is 1. The molecule has 1 unspecified atom stereocenters. The molecule has 1 N–H and O–H groups in total. The number of amides is 1. The Labute approximate surface area is 164 Å². The molecule has 1 atom stereocenters. The highest BCUT2D eigenvalue weighted by molar-refractivity contribution is 5.85. The van der Waals surface area contributed by atoms with Crippen LogP contribution in [-0.4, -0.2) is 99.2 Å². The maximum atomic E-state index is 12.0. The first-order valence-electron chi connectivity index (χ1n) is 10.7. The van der Waals surface area contributed by atoms with E-state index in [2.05, 4.69) is 20.1 Å². The summed E-state index contributed by atoms with van der Waals surface area (Å²) in [7, 11) is 3.56. The van der Waals surface area contributed by atoms with E-state index in [0.29, 0.717) is 5.92 Å². The lowest BCUT2D eigenvalue weighted by Gasteiger charge is -2.41. The maximum Gasteiger partial charge on any atom is 0.243 e. The van der Waals surface area contributed by atoms with Crippen LogP contribution in [0.15, 0.2) is 4.99 Å². The number of nitrogens with zero attached hydrogens (tertiary/aromatic N) is 4. The number of aliphatic imine (C=N–C) groups is 1. The van der Waals surface area contributed by atoms with Gasteiger partial charge in [0, 0.05) is 65.4 Å². The van der Waals surface area contributed by atoms with Crippen molar-refractivity contribution in [2.45, 2.75) is 44.6 Å². The van der Waals surface area contributed by atoms with Gasteiger partial charge in [0.25, 0.3) is 0 Å². The van der Waals surface area contributed by atoms with Crippen LogP contribution in [0.3, 0.4) is 0 Å². The Balaban J connectivity index is 1.54. The third-order valence-electron chi connectivity index (χ3n) is 6.14. The van der Waals surface area contributed by atoms with E-state index in [4.69, 9.17) is 4.74 Å². The fourth-order valence-corrected chi connectivity index (χ4v) is 4.28. The van der Waals surface area contributed by atoms with Crippen LogP contribution in [0.1, 0.15) is 38.5 Å². The summed E-state index contributed by atoms with van der Waals surface area (Å²) in [4.78, 5) is 23.2. The molecule has 1 saturated carbocycles. The van der Waals surface area contributed by atoms with Gasteiger partial charge in [0.2, 0.25) is 5.91 Å². The fourth-order valence-electron chi connectivity index (χ4n) is 4.28. The topological polar surface area (TPSA) is 60.4 Å². The van der Waals surface area contributed by atoms with Gasteiger partial charge in [0.15, 0.2) is 5.96 Å². The number of carbonyl (C=O) groups is 1. The number of nitrogens with one attached hydrogen (secondary N) is 1. The third kappa shape index (κ3) is 6.07. The van der Waals surface area contributed by atoms with E-state index in [-0.39, 0.29) is 12.5 Å². The molecule has 0 aromatic rings. The van der Waals surface area contributed by atoms with Gasteiger partial charge in [0.05, 0.1) is 6.61 Å². The Kier molecular flexibility index (Phi) is 7.76. The van der Waals surface area contributed by atoms with E-state index in [0.717, 1.165) is 64.4 Å². The summed E-state index contributed by atoms with van der Waals surface area (Å²) in [5, 5.41) is 3.53. The summed E-state index contributed by atoms with van der Waals surface area (Å²) in [6.45, 7) is 6.93. The van der Waals surface area contributed by atoms with Gasteiger partial charge in [-0.05, 0) is 19.3 Å². The molecule has 1 amide bonds. The number of guanidine groups is 1. The summed E-state index contributed by atoms with van der Waals surface area (Å²) in [6, 6.07) is 0.778. The molecule has 154 valence electrons. The van der Waals surface area contributed by atoms with Crippen molar-refractivity contribution in [3.63, 3.8) is 0 Å². The van der Waals surface area contributed by atoms with Crippen LogP contribution < -0.4 is 5.32 Å². The molecule has 0 spiro atoms. The Morgan fingerprint density at radius 2 is 1.85 bits per heavy atom. The van der Waals surface area contributed by atoms with Crippen LogP contribution in [-0.2, 0) is 9.53 Å². The van der Waals surface area contributed by atoms with E-state index >= 15 is 0 Å². The molecule has 27 heavy (non-hydrogen) atoms. The summed E-state index contributed by atoms with van der Waals surface area (Å²) >= 11 is 0. The quantitative estimate of drug-likeness (QED) is 0.571. The van der Waals surface area contributed by atoms with Gasteiger partial charge in [-0.25, -0.2) is 4.99 Å². The number of carbonyl (C=O) groups excluding carboxylic acids is 1. The molecule has 0 bridgehead atoms. The number of piperazine rings is 1. The average Bonchev–Trinajstić information content (AvgIpc) is 3.22. The summed E-state index contributed by atoms with van der Waals surface area (Å²) in [6.07, 6.45) is 8.00. The fraction of sp³-hybridized carbons (Fsp3) is 0.900. The molecule has 3 fully saturated rings. The van der Waals surface area contributed by atoms with E-state index in [9.17, 15) is 4.79 Å². The monoisotopic (exact) mass is 379 g/mol. The molecule has 2 heterocycles. The molecule has 7 heteroatoms. The zero-order valence-electron chi connectivity index (χ0n) is 17.2. The number of ether oxygens (including phenoxy) is 1. The lowest BCUT2D eigenvalue weighted by atomic mass is 9.94. The van der Waals surface area contributed by atoms with Crippen LogP contribution in [0.25, 0.3) is 0 Å². The maximum absolute atomic E-state index is 12.0. The third-order valence-corrected chi connectivity index (χ3v) is 6.14. The predicted octanol–water partition coefficient (Wildman–Crippen LogP) is 1.01. The van der Waals surface area contributed by atoms with Gasteiger partial charge in [-0.3, -0.25) is 9.69 Å². The van der Waals surface area contributed by atoms with Crippen molar-refractivity contribution >= 4 is 11.9 Å². The lowest BCUT2D eigenvalue weighted by Crippen LogP contribution is -2.55. The Hall–Kier alpha value is -1.34.